The first-order valence-electron chi connectivity index (χ1n) is 6.88. The summed E-state index contributed by atoms with van der Waals surface area (Å²) >= 11 is 0. The van der Waals surface area contributed by atoms with Crippen LogP contribution >= 0.6 is 0 Å². The van der Waals surface area contributed by atoms with E-state index in [-0.39, 0.29) is 12.4 Å². The lowest BCUT2D eigenvalue weighted by atomic mass is 10.2. The molecule has 8 nitrogen and oxygen atoms in total. The second kappa shape index (κ2) is 9.98. The maximum atomic E-state index is 11.9. The highest BCUT2D eigenvalue weighted by molar-refractivity contribution is 7.88. The largest absolute Gasteiger partial charge is 0.466 e. The standard InChI is InChI=1S/C14H23NO7S/c1-6-21-12(17)10(15-13(18)22-14(2,3)4)9-23(19)8-7-11(16)20-5/h7-8,10H,6,9H2,1-5H3,(H,15,18)/b8-7+/t10-,23?/m0/s1. The third kappa shape index (κ3) is 10.5. The van der Waals surface area contributed by atoms with E-state index in [4.69, 9.17) is 9.47 Å². The van der Waals surface area contributed by atoms with Crippen LogP contribution in [-0.4, -0.2) is 53.4 Å². The van der Waals surface area contributed by atoms with Crippen LogP contribution in [-0.2, 0) is 34.6 Å². The van der Waals surface area contributed by atoms with Gasteiger partial charge in [0.1, 0.15) is 11.6 Å². The lowest BCUT2D eigenvalue weighted by Gasteiger charge is -2.22. The number of ether oxygens (including phenoxy) is 3. The van der Waals surface area contributed by atoms with Crippen LogP contribution in [0.3, 0.4) is 0 Å². The van der Waals surface area contributed by atoms with Gasteiger partial charge in [-0.15, -0.1) is 0 Å². The topological polar surface area (TPSA) is 108 Å². The Balaban J connectivity index is 4.85. The van der Waals surface area contributed by atoms with Gasteiger partial charge in [-0.25, -0.2) is 14.4 Å². The van der Waals surface area contributed by atoms with Crippen molar-refractivity contribution in [2.45, 2.75) is 39.3 Å². The summed E-state index contributed by atoms with van der Waals surface area (Å²) in [5.74, 6) is -1.67. The quantitative estimate of drug-likeness (QED) is 0.413. The van der Waals surface area contributed by atoms with Crippen molar-refractivity contribution >= 4 is 28.8 Å². The molecule has 0 saturated carbocycles. The molecule has 0 heterocycles. The Morgan fingerprint density at radius 1 is 1.26 bits per heavy atom. The number of carbonyl (C=O) groups excluding carboxylic acids is 3. The van der Waals surface area contributed by atoms with E-state index >= 15 is 0 Å². The minimum Gasteiger partial charge on any atom is -0.466 e. The van der Waals surface area contributed by atoms with Crippen LogP contribution in [0, 0.1) is 0 Å². The van der Waals surface area contributed by atoms with Crippen LogP contribution in [0.25, 0.3) is 0 Å². The van der Waals surface area contributed by atoms with Gasteiger partial charge in [-0.2, -0.15) is 0 Å². The van der Waals surface area contributed by atoms with E-state index in [0.29, 0.717) is 0 Å². The van der Waals surface area contributed by atoms with Gasteiger partial charge in [0.2, 0.25) is 0 Å². The predicted molar refractivity (Wildman–Crippen MR) is 84.0 cm³/mol. The zero-order valence-corrected chi connectivity index (χ0v) is 14.7. The number of methoxy groups -OCH3 is 1. The first-order valence-corrected chi connectivity index (χ1v) is 8.26. The summed E-state index contributed by atoms with van der Waals surface area (Å²) < 4.78 is 26.1. The second-order valence-corrected chi connectivity index (χ2v) is 6.69. The number of carbonyl (C=O) groups is 3. The Bertz CT molecular complexity index is 482. The number of amides is 1. The van der Waals surface area contributed by atoms with Crippen LogP contribution in [0.15, 0.2) is 11.5 Å². The van der Waals surface area contributed by atoms with E-state index in [0.717, 1.165) is 11.5 Å². The molecule has 0 fully saturated rings. The Morgan fingerprint density at radius 3 is 2.35 bits per heavy atom. The van der Waals surface area contributed by atoms with Crippen LogP contribution in [0.4, 0.5) is 4.79 Å². The molecule has 1 unspecified atom stereocenters. The summed E-state index contributed by atoms with van der Waals surface area (Å²) in [4.78, 5) is 34.5. The van der Waals surface area contributed by atoms with Crippen molar-refractivity contribution in [3.8, 4) is 0 Å². The highest BCUT2D eigenvalue weighted by Gasteiger charge is 2.26. The van der Waals surface area contributed by atoms with Gasteiger partial charge < -0.3 is 19.5 Å². The van der Waals surface area contributed by atoms with E-state index in [1.165, 1.54) is 7.11 Å². The van der Waals surface area contributed by atoms with Gasteiger partial charge in [-0.05, 0) is 27.7 Å². The number of nitrogens with one attached hydrogen (secondary N) is 1. The Hall–Kier alpha value is -1.90. The maximum Gasteiger partial charge on any atom is 0.408 e. The summed E-state index contributed by atoms with van der Waals surface area (Å²) in [6.45, 7) is 6.72. The first-order chi connectivity index (χ1) is 10.6. The highest BCUT2D eigenvalue weighted by Crippen LogP contribution is 2.07. The number of alkyl carbamates (subject to hydrolysis) is 1. The molecule has 1 amide bonds. The van der Waals surface area contributed by atoms with Crippen molar-refractivity contribution < 1.29 is 32.8 Å². The average molecular weight is 349 g/mol. The molecule has 23 heavy (non-hydrogen) atoms. The van der Waals surface area contributed by atoms with Crippen molar-refractivity contribution in [1.29, 1.82) is 0 Å². The van der Waals surface area contributed by atoms with Crippen molar-refractivity contribution in [2.24, 2.45) is 0 Å². The molecule has 0 saturated heterocycles. The molecule has 1 N–H and O–H groups in total. The molecule has 0 spiro atoms. The fourth-order valence-electron chi connectivity index (χ4n) is 1.28. The Kier molecular flexibility index (Phi) is 9.16. The monoisotopic (exact) mass is 349 g/mol. The van der Waals surface area contributed by atoms with E-state index < -0.39 is 40.5 Å². The Morgan fingerprint density at radius 2 is 1.87 bits per heavy atom. The van der Waals surface area contributed by atoms with E-state index in [9.17, 15) is 18.6 Å². The highest BCUT2D eigenvalue weighted by atomic mass is 32.2. The zero-order chi connectivity index (χ0) is 18.0. The molecule has 132 valence electrons. The van der Waals surface area contributed by atoms with Gasteiger partial charge in [-0.1, -0.05) is 0 Å². The molecule has 9 heteroatoms. The SMILES string of the molecule is CCOC(=O)[C@H](CS(=O)/C=C/C(=O)OC)NC(=O)OC(C)(C)C. The molecular weight excluding hydrogens is 326 g/mol. The summed E-state index contributed by atoms with van der Waals surface area (Å²) in [5, 5.41) is 3.39. The Labute approximate surface area is 138 Å². The summed E-state index contributed by atoms with van der Waals surface area (Å²) in [7, 11) is -0.507. The van der Waals surface area contributed by atoms with Crippen LogP contribution < -0.4 is 5.32 Å². The smallest absolute Gasteiger partial charge is 0.408 e. The zero-order valence-electron chi connectivity index (χ0n) is 13.9. The minimum atomic E-state index is -1.69. The van der Waals surface area contributed by atoms with Gasteiger partial charge in [0.15, 0.2) is 0 Å². The molecule has 0 bridgehead atoms. The molecule has 0 aliphatic rings. The minimum absolute atomic E-state index is 0.107. The lowest BCUT2D eigenvalue weighted by molar-refractivity contribution is -0.145. The number of hydrogen-bond donors (Lipinski definition) is 1. The lowest BCUT2D eigenvalue weighted by Crippen LogP contribution is -2.47. The predicted octanol–water partition coefficient (Wildman–Crippen LogP) is 0.878. The van der Waals surface area contributed by atoms with Crippen molar-refractivity contribution in [3.05, 3.63) is 11.5 Å². The van der Waals surface area contributed by atoms with Crippen LogP contribution in [0.1, 0.15) is 27.7 Å². The number of hydrogen-bond acceptors (Lipinski definition) is 7. The number of esters is 2. The first kappa shape index (κ1) is 21.1. The molecule has 0 aromatic carbocycles. The van der Waals surface area contributed by atoms with Gasteiger partial charge >= 0.3 is 18.0 Å². The normalized spacial score (nSPS) is 14.0. The fraction of sp³-hybridized carbons (Fsp3) is 0.643. The molecule has 0 aromatic rings. The number of rotatable bonds is 7. The molecule has 0 radical (unpaired) electrons. The third-order valence-corrected chi connectivity index (χ3v) is 3.25. The van der Waals surface area contributed by atoms with Gasteiger partial charge in [-0.3, -0.25) is 4.21 Å². The molecule has 0 rings (SSSR count). The average Bonchev–Trinajstić information content (AvgIpc) is 2.42. The molecule has 0 aliphatic heterocycles. The van der Waals surface area contributed by atoms with Gasteiger partial charge in [0.05, 0.1) is 19.5 Å². The van der Waals surface area contributed by atoms with Crippen molar-refractivity contribution in [2.75, 3.05) is 19.5 Å². The fourth-order valence-corrected chi connectivity index (χ4v) is 2.20. The van der Waals surface area contributed by atoms with E-state index in [1.54, 1.807) is 27.7 Å². The van der Waals surface area contributed by atoms with Crippen molar-refractivity contribution in [3.63, 3.8) is 0 Å². The van der Waals surface area contributed by atoms with Gasteiger partial charge in [0, 0.05) is 22.3 Å². The summed E-state index contributed by atoms with van der Waals surface area (Å²) in [6.07, 6.45) is 0.149. The van der Waals surface area contributed by atoms with Crippen LogP contribution in [0.2, 0.25) is 0 Å². The summed E-state index contributed by atoms with van der Waals surface area (Å²) in [6, 6.07) is -1.16. The second-order valence-electron chi connectivity index (χ2n) is 5.32. The molecular formula is C14H23NO7S. The van der Waals surface area contributed by atoms with Crippen molar-refractivity contribution in [1.82, 2.24) is 5.32 Å². The van der Waals surface area contributed by atoms with E-state index in [2.05, 4.69) is 10.1 Å². The third-order valence-electron chi connectivity index (χ3n) is 2.15. The van der Waals surface area contributed by atoms with Crippen LogP contribution in [0.5, 0.6) is 0 Å². The van der Waals surface area contributed by atoms with E-state index in [1.807, 2.05) is 0 Å². The molecule has 2 atom stereocenters. The van der Waals surface area contributed by atoms with Gasteiger partial charge in [0.25, 0.3) is 0 Å². The summed E-state index contributed by atoms with van der Waals surface area (Å²) in [5.41, 5.74) is -0.743. The maximum absolute atomic E-state index is 11.9. The molecule has 0 aliphatic carbocycles. The molecule has 0 aromatic heterocycles.